The molecule has 1 fully saturated rings. The van der Waals surface area contributed by atoms with Gasteiger partial charge in [-0.1, -0.05) is 29.3 Å². The van der Waals surface area contributed by atoms with E-state index >= 15 is 0 Å². The summed E-state index contributed by atoms with van der Waals surface area (Å²) in [6.45, 7) is 5.01. The minimum atomic E-state index is -3.70. The number of nitrogens with one attached hydrogen (secondary N) is 1. The van der Waals surface area contributed by atoms with Crippen LogP contribution < -0.4 is 10.1 Å². The lowest BCUT2D eigenvalue weighted by atomic mass is 9.99. The van der Waals surface area contributed by atoms with E-state index in [1.807, 2.05) is 13.8 Å². The zero-order valence-corrected chi connectivity index (χ0v) is 19.9. The van der Waals surface area contributed by atoms with Crippen molar-refractivity contribution in [3.05, 3.63) is 57.6 Å². The summed E-state index contributed by atoms with van der Waals surface area (Å²) in [5, 5.41) is 3.87. The zero-order chi connectivity index (χ0) is 22.6. The van der Waals surface area contributed by atoms with Crippen LogP contribution >= 0.6 is 23.2 Å². The number of carbonyl (C=O) groups excluding carboxylic acids is 1. The average molecular weight is 485 g/mol. The number of sulfonamides is 1. The number of halogens is 2. The second kappa shape index (κ2) is 10.2. The van der Waals surface area contributed by atoms with E-state index in [-0.39, 0.29) is 23.9 Å². The molecule has 0 unspecified atom stereocenters. The van der Waals surface area contributed by atoms with Gasteiger partial charge in [0.25, 0.3) is 0 Å². The molecule has 0 saturated carbocycles. The zero-order valence-electron chi connectivity index (χ0n) is 17.5. The first-order chi connectivity index (χ1) is 14.7. The molecule has 1 heterocycles. The standard InChI is InChI=1S/C22H26Cl2N2O4S/c1-3-30-21-9-8-19(11-15(21)2)31(28,29)26-10-4-5-17(14-26)22(27)25-13-16-6-7-18(23)12-20(16)24/h6-9,11-12,17H,3-5,10,13-14H2,1-2H3,(H,25,27)/t17-/m1/s1. The number of piperidine rings is 1. The molecule has 0 bridgehead atoms. The SMILES string of the molecule is CCOc1ccc(S(=O)(=O)N2CCC[C@@H](C(=O)NCc3ccc(Cl)cc3Cl)C2)cc1C. The number of carbonyl (C=O) groups is 1. The maximum absolute atomic E-state index is 13.2. The van der Waals surface area contributed by atoms with Crippen molar-refractivity contribution in [2.45, 2.75) is 38.1 Å². The highest BCUT2D eigenvalue weighted by Gasteiger charge is 2.33. The van der Waals surface area contributed by atoms with Crippen LogP contribution in [0.4, 0.5) is 0 Å². The maximum Gasteiger partial charge on any atom is 0.243 e. The molecular formula is C22H26Cl2N2O4S. The van der Waals surface area contributed by atoms with E-state index in [9.17, 15) is 13.2 Å². The van der Waals surface area contributed by atoms with E-state index in [1.165, 1.54) is 4.31 Å². The van der Waals surface area contributed by atoms with Gasteiger partial charge in [-0.05, 0) is 68.1 Å². The summed E-state index contributed by atoms with van der Waals surface area (Å²) >= 11 is 12.1. The van der Waals surface area contributed by atoms with Crippen molar-refractivity contribution in [2.24, 2.45) is 5.92 Å². The molecule has 1 aliphatic heterocycles. The minimum Gasteiger partial charge on any atom is -0.494 e. The van der Waals surface area contributed by atoms with Gasteiger partial charge in [0, 0.05) is 29.7 Å². The Morgan fingerprint density at radius 2 is 2.00 bits per heavy atom. The van der Waals surface area contributed by atoms with Crippen LogP contribution in [0.5, 0.6) is 5.75 Å². The molecular weight excluding hydrogens is 459 g/mol. The van der Waals surface area contributed by atoms with Crippen LogP contribution in [0.25, 0.3) is 0 Å². The van der Waals surface area contributed by atoms with Crippen molar-refractivity contribution in [2.75, 3.05) is 19.7 Å². The van der Waals surface area contributed by atoms with Gasteiger partial charge in [-0.15, -0.1) is 0 Å². The Morgan fingerprint density at radius 1 is 1.23 bits per heavy atom. The van der Waals surface area contributed by atoms with E-state index in [1.54, 1.807) is 36.4 Å². The molecule has 1 aliphatic rings. The predicted molar refractivity (Wildman–Crippen MR) is 122 cm³/mol. The van der Waals surface area contributed by atoms with Gasteiger partial charge in [-0.2, -0.15) is 4.31 Å². The summed E-state index contributed by atoms with van der Waals surface area (Å²) < 4.78 is 33.2. The summed E-state index contributed by atoms with van der Waals surface area (Å²) in [6.07, 6.45) is 1.25. The first-order valence-electron chi connectivity index (χ1n) is 10.2. The van der Waals surface area contributed by atoms with Crippen molar-refractivity contribution in [1.82, 2.24) is 9.62 Å². The molecule has 1 N–H and O–H groups in total. The van der Waals surface area contributed by atoms with Crippen molar-refractivity contribution >= 4 is 39.1 Å². The Labute approximate surface area is 193 Å². The van der Waals surface area contributed by atoms with Gasteiger partial charge >= 0.3 is 0 Å². The third kappa shape index (κ3) is 5.71. The molecule has 2 aromatic carbocycles. The molecule has 3 rings (SSSR count). The predicted octanol–water partition coefficient (Wildman–Crippen LogP) is 4.42. The minimum absolute atomic E-state index is 0.148. The molecule has 1 amide bonds. The normalized spacial score (nSPS) is 17.4. The van der Waals surface area contributed by atoms with Gasteiger partial charge in [0.15, 0.2) is 0 Å². The van der Waals surface area contributed by atoms with Gasteiger partial charge in [-0.3, -0.25) is 4.79 Å². The van der Waals surface area contributed by atoms with Crippen molar-refractivity contribution in [1.29, 1.82) is 0 Å². The van der Waals surface area contributed by atoms with Gasteiger partial charge < -0.3 is 10.1 Å². The highest BCUT2D eigenvalue weighted by Crippen LogP contribution is 2.28. The molecule has 9 heteroatoms. The van der Waals surface area contributed by atoms with Gasteiger partial charge in [0.1, 0.15) is 5.75 Å². The summed E-state index contributed by atoms with van der Waals surface area (Å²) in [7, 11) is -3.70. The fraction of sp³-hybridized carbons (Fsp3) is 0.409. The summed E-state index contributed by atoms with van der Waals surface area (Å²) in [5.41, 5.74) is 1.51. The Hall–Kier alpha value is -1.80. The summed E-state index contributed by atoms with van der Waals surface area (Å²) in [4.78, 5) is 12.9. The lowest BCUT2D eigenvalue weighted by molar-refractivity contribution is -0.126. The third-order valence-corrected chi connectivity index (χ3v) is 7.76. The lowest BCUT2D eigenvalue weighted by Gasteiger charge is -2.31. The second-order valence-electron chi connectivity index (χ2n) is 7.52. The van der Waals surface area contributed by atoms with E-state index in [0.29, 0.717) is 41.8 Å². The van der Waals surface area contributed by atoms with Gasteiger partial charge in [0.05, 0.1) is 17.4 Å². The molecule has 0 spiro atoms. The van der Waals surface area contributed by atoms with Gasteiger partial charge in [0.2, 0.25) is 15.9 Å². The van der Waals surface area contributed by atoms with E-state index in [0.717, 1.165) is 11.1 Å². The van der Waals surface area contributed by atoms with E-state index in [2.05, 4.69) is 5.32 Å². The number of benzene rings is 2. The molecule has 0 radical (unpaired) electrons. The molecule has 0 aliphatic carbocycles. The third-order valence-electron chi connectivity index (χ3n) is 5.31. The largest absolute Gasteiger partial charge is 0.494 e. The summed E-state index contributed by atoms with van der Waals surface area (Å²) in [6, 6.07) is 9.94. The second-order valence-corrected chi connectivity index (χ2v) is 10.3. The molecule has 168 valence electrons. The van der Waals surface area contributed by atoms with Crippen LogP contribution in [-0.4, -0.2) is 38.3 Å². The van der Waals surface area contributed by atoms with Crippen molar-refractivity contribution in [3.8, 4) is 5.75 Å². The van der Waals surface area contributed by atoms with Crippen LogP contribution in [0.3, 0.4) is 0 Å². The van der Waals surface area contributed by atoms with Crippen LogP contribution in [0.2, 0.25) is 10.0 Å². The monoisotopic (exact) mass is 484 g/mol. The number of rotatable bonds is 7. The quantitative estimate of drug-likeness (QED) is 0.630. The maximum atomic E-state index is 13.2. The first-order valence-corrected chi connectivity index (χ1v) is 12.4. The number of hydrogen-bond donors (Lipinski definition) is 1. The Bertz CT molecular complexity index is 1060. The smallest absolute Gasteiger partial charge is 0.243 e. The lowest BCUT2D eigenvalue weighted by Crippen LogP contribution is -2.45. The Morgan fingerprint density at radius 3 is 2.68 bits per heavy atom. The number of ether oxygens (including phenoxy) is 1. The number of aryl methyl sites for hydroxylation is 1. The van der Waals surface area contributed by atoms with Crippen LogP contribution in [0.15, 0.2) is 41.3 Å². The number of hydrogen-bond acceptors (Lipinski definition) is 4. The fourth-order valence-corrected chi connectivity index (χ4v) is 5.70. The van der Waals surface area contributed by atoms with Crippen molar-refractivity contribution in [3.63, 3.8) is 0 Å². The van der Waals surface area contributed by atoms with Crippen LogP contribution in [0, 0.1) is 12.8 Å². The molecule has 31 heavy (non-hydrogen) atoms. The fourth-order valence-electron chi connectivity index (χ4n) is 3.62. The van der Waals surface area contributed by atoms with Crippen LogP contribution in [0.1, 0.15) is 30.9 Å². The summed E-state index contributed by atoms with van der Waals surface area (Å²) in [5.74, 6) is 0.0606. The van der Waals surface area contributed by atoms with Gasteiger partial charge in [-0.25, -0.2) is 8.42 Å². The van der Waals surface area contributed by atoms with Crippen molar-refractivity contribution < 1.29 is 17.9 Å². The number of nitrogens with zero attached hydrogens (tertiary/aromatic N) is 1. The Balaban J connectivity index is 1.67. The Kier molecular flexibility index (Phi) is 7.86. The highest BCUT2D eigenvalue weighted by atomic mass is 35.5. The van der Waals surface area contributed by atoms with E-state index in [4.69, 9.17) is 27.9 Å². The molecule has 1 atom stereocenters. The average Bonchev–Trinajstić information content (AvgIpc) is 2.74. The molecule has 2 aromatic rings. The van der Waals surface area contributed by atoms with Crippen LogP contribution in [-0.2, 0) is 21.4 Å². The molecule has 0 aromatic heterocycles. The molecule has 1 saturated heterocycles. The number of amides is 1. The topological polar surface area (TPSA) is 75.7 Å². The van der Waals surface area contributed by atoms with E-state index < -0.39 is 15.9 Å². The first kappa shape index (κ1) is 23.9. The molecule has 6 nitrogen and oxygen atoms in total. The highest BCUT2D eigenvalue weighted by molar-refractivity contribution is 7.89.